The number of aromatic nitrogens is 3. The Bertz CT molecular complexity index is 547. The lowest BCUT2D eigenvalue weighted by Crippen LogP contribution is -2.22. The molecule has 0 bridgehead atoms. The number of rotatable bonds is 4. The van der Waals surface area contributed by atoms with Crippen LogP contribution in [0.3, 0.4) is 0 Å². The molecule has 0 aliphatic heterocycles. The topological polar surface area (TPSA) is 66.0 Å². The first-order chi connectivity index (χ1) is 8.54. The summed E-state index contributed by atoms with van der Waals surface area (Å²) in [4.78, 5) is 8.91. The van der Waals surface area contributed by atoms with E-state index < -0.39 is 0 Å². The number of pyridine rings is 1. The predicted molar refractivity (Wildman–Crippen MR) is 72.4 cm³/mol. The minimum Gasteiger partial charge on any atom is -0.383 e. The van der Waals surface area contributed by atoms with Crippen molar-refractivity contribution in [1.82, 2.24) is 14.5 Å². The Labute approximate surface area is 107 Å². The molecule has 0 amide bonds. The molecule has 0 saturated heterocycles. The fourth-order valence-electron chi connectivity index (χ4n) is 2.15. The van der Waals surface area contributed by atoms with E-state index in [1.54, 1.807) is 7.11 Å². The van der Waals surface area contributed by atoms with E-state index in [2.05, 4.69) is 23.8 Å². The number of methoxy groups -OCH3 is 1. The van der Waals surface area contributed by atoms with Crippen molar-refractivity contribution < 1.29 is 4.74 Å². The van der Waals surface area contributed by atoms with Crippen molar-refractivity contribution in [2.75, 3.05) is 19.5 Å². The van der Waals surface area contributed by atoms with Gasteiger partial charge in [-0.25, -0.2) is 9.97 Å². The van der Waals surface area contributed by atoms with E-state index in [9.17, 15) is 0 Å². The van der Waals surface area contributed by atoms with Gasteiger partial charge in [0.2, 0.25) is 5.95 Å². The van der Waals surface area contributed by atoms with Gasteiger partial charge in [0.05, 0.1) is 12.6 Å². The van der Waals surface area contributed by atoms with E-state index >= 15 is 0 Å². The highest BCUT2D eigenvalue weighted by Crippen LogP contribution is 2.26. The second-order valence-electron chi connectivity index (χ2n) is 4.90. The van der Waals surface area contributed by atoms with Crippen LogP contribution in [0.25, 0.3) is 11.2 Å². The minimum atomic E-state index is 0.147. The SMILES string of the molecule is COCC(C(C)C)n1c(N)nc2ccc(C)nc21. The molecule has 0 fully saturated rings. The Hall–Kier alpha value is -1.62. The highest BCUT2D eigenvalue weighted by molar-refractivity contribution is 5.74. The van der Waals surface area contributed by atoms with Gasteiger partial charge in [-0.2, -0.15) is 0 Å². The van der Waals surface area contributed by atoms with E-state index in [1.807, 2.05) is 23.6 Å². The molecule has 2 rings (SSSR count). The van der Waals surface area contributed by atoms with E-state index in [-0.39, 0.29) is 6.04 Å². The highest BCUT2D eigenvalue weighted by Gasteiger charge is 2.21. The van der Waals surface area contributed by atoms with E-state index in [0.717, 1.165) is 16.9 Å². The molecule has 0 aromatic carbocycles. The number of nitrogens with two attached hydrogens (primary N) is 1. The summed E-state index contributed by atoms with van der Waals surface area (Å²) in [6, 6.07) is 4.04. The van der Waals surface area contributed by atoms with Crippen molar-refractivity contribution in [3.05, 3.63) is 17.8 Å². The van der Waals surface area contributed by atoms with Crippen LogP contribution < -0.4 is 5.73 Å². The van der Waals surface area contributed by atoms with Crippen LogP contribution in [0.2, 0.25) is 0 Å². The molecule has 1 unspecified atom stereocenters. The van der Waals surface area contributed by atoms with Crippen LogP contribution in [0.4, 0.5) is 5.95 Å². The molecule has 5 heteroatoms. The molecule has 2 heterocycles. The van der Waals surface area contributed by atoms with Crippen LogP contribution >= 0.6 is 0 Å². The maximum Gasteiger partial charge on any atom is 0.202 e. The van der Waals surface area contributed by atoms with E-state index in [1.165, 1.54) is 0 Å². The zero-order valence-corrected chi connectivity index (χ0v) is 11.3. The van der Waals surface area contributed by atoms with Crippen molar-refractivity contribution in [3.63, 3.8) is 0 Å². The standard InChI is InChI=1S/C13H20N4O/c1-8(2)11(7-18-4)17-12-10(16-13(17)14)6-5-9(3)15-12/h5-6,8,11H,7H2,1-4H3,(H2,14,16). The van der Waals surface area contributed by atoms with Gasteiger partial charge < -0.3 is 10.5 Å². The third-order valence-electron chi connectivity index (χ3n) is 3.14. The molecule has 0 spiro atoms. The average Bonchev–Trinajstić information content (AvgIpc) is 2.61. The molecular weight excluding hydrogens is 228 g/mol. The van der Waals surface area contributed by atoms with Crippen molar-refractivity contribution in [2.24, 2.45) is 5.92 Å². The summed E-state index contributed by atoms with van der Waals surface area (Å²) >= 11 is 0. The molecule has 98 valence electrons. The number of nitrogen functional groups attached to an aromatic ring is 1. The normalized spacial score (nSPS) is 13.4. The summed E-state index contributed by atoms with van der Waals surface area (Å²) in [6.45, 7) is 6.85. The number of anilines is 1. The molecule has 18 heavy (non-hydrogen) atoms. The van der Waals surface area contributed by atoms with Gasteiger partial charge in [0.15, 0.2) is 5.65 Å². The van der Waals surface area contributed by atoms with E-state index in [4.69, 9.17) is 10.5 Å². The van der Waals surface area contributed by atoms with Crippen molar-refractivity contribution in [3.8, 4) is 0 Å². The number of aryl methyl sites for hydroxylation is 1. The smallest absolute Gasteiger partial charge is 0.202 e. The third-order valence-corrected chi connectivity index (χ3v) is 3.14. The quantitative estimate of drug-likeness (QED) is 0.900. The average molecular weight is 248 g/mol. The van der Waals surface area contributed by atoms with Gasteiger partial charge in [-0.15, -0.1) is 0 Å². The predicted octanol–water partition coefficient (Wildman–Crippen LogP) is 2.17. The van der Waals surface area contributed by atoms with Crippen molar-refractivity contribution in [1.29, 1.82) is 0 Å². The Balaban J connectivity index is 2.60. The number of nitrogens with zero attached hydrogens (tertiary/aromatic N) is 3. The molecule has 5 nitrogen and oxygen atoms in total. The van der Waals surface area contributed by atoms with Crippen LogP contribution in [0.1, 0.15) is 25.6 Å². The van der Waals surface area contributed by atoms with Gasteiger partial charge in [0.25, 0.3) is 0 Å². The molecular formula is C13H20N4O. The zero-order valence-electron chi connectivity index (χ0n) is 11.3. The number of ether oxygens (including phenoxy) is 1. The Morgan fingerprint density at radius 1 is 1.33 bits per heavy atom. The molecule has 0 aliphatic carbocycles. The number of hydrogen-bond acceptors (Lipinski definition) is 4. The maximum atomic E-state index is 6.03. The monoisotopic (exact) mass is 248 g/mol. The van der Waals surface area contributed by atoms with Crippen LogP contribution in [0, 0.1) is 12.8 Å². The molecule has 2 aromatic rings. The molecule has 0 saturated carbocycles. The summed E-state index contributed by atoms with van der Waals surface area (Å²) in [5.41, 5.74) is 8.66. The Morgan fingerprint density at radius 3 is 2.67 bits per heavy atom. The van der Waals surface area contributed by atoms with Gasteiger partial charge in [-0.05, 0) is 25.0 Å². The Morgan fingerprint density at radius 2 is 2.06 bits per heavy atom. The van der Waals surface area contributed by atoms with Gasteiger partial charge in [0, 0.05) is 12.8 Å². The zero-order chi connectivity index (χ0) is 13.3. The highest BCUT2D eigenvalue weighted by atomic mass is 16.5. The summed E-state index contributed by atoms with van der Waals surface area (Å²) in [5.74, 6) is 0.894. The summed E-state index contributed by atoms with van der Waals surface area (Å²) in [7, 11) is 1.70. The molecule has 2 aromatic heterocycles. The van der Waals surface area contributed by atoms with Gasteiger partial charge in [-0.3, -0.25) is 4.57 Å². The second-order valence-corrected chi connectivity index (χ2v) is 4.90. The van der Waals surface area contributed by atoms with Crippen molar-refractivity contribution >= 4 is 17.1 Å². The van der Waals surface area contributed by atoms with Crippen LogP contribution in [0.15, 0.2) is 12.1 Å². The van der Waals surface area contributed by atoms with Crippen LogP contribution in [0.5, 0.6) is 0 Å². The number of fused-ring (bicyclic) bond motifs is 1. The lowest BCUT2D eigenvalue weighted by molar-refractivity contribution is 0.136. The summed E-state index contributed by atoms with van der Waals surface area (Å²) < 4.78 is 7.27. The fourth-order valence-corrected chi connectivity index (χ4v) is 2.15. The molecule has 0 radical (unpaired) electrons. The van der Waals surface area contributed by atoms with Crippen molar-refractivity contribution in [2.45, 2.75) is 26.8 Å². The first-order valence-electron chi connectivity index (χ1n) is 6.14. The number of imidazole rings is 1. The first kappa shape index (κ1) is 12.8. The van der Waals surface area contributed by atoms with Crippen LogP contribution in [-0.2, 0) is 4.74 Å². The summed E-state index contributed by atoms with van der Waals surface area (Å²) in [6.07, 6.45) is 0. The van der Waals surface area contributed by atoms with Gasteiger partial charge in [-0.1, -0.05) is 13.8 Å². The Kier molecular flexibility index (Phi) is 3.52. The third kappa shape index (κ3) is 2.18. The minimum absolute atomic E-state index is 0.147. The lowest BCUT2D eigenvalue weighted by Gasteiger charge is -2.23. The van der Waals surface area contributed by atoms with Gasteiger partial charge >= 0.3 is 0 Å². The molecule has 2 N–H and O–H groups in total. The molecule has 0 aliphatic rings. The van der Waals surface area contributed by atoms with Gasteiger partial charge in [0.1, 0.15) is 5.52 Å². The fraction of sp³-hybridized carbons (Fsp3) is 0.538. The second kappa shape index (κ2) is 4.94. The maximum absolute atomic E-state index is 6.03. The van der Waals surface area contributed by atoms with E-state index in [0.29, 0.717) is 18.5 Å². The first-order valence-corrected chi connectivity index (χ1v) is 6.14. The summed E-state index contributed by atoms with van der Waals surface area (Å²) in [5, 5.41) is 0. The van der Waals surface area contributed by atoms with Crippen LogP contribution in [-0.4, -0.2) is 28.3 Å². The molecule has 1 atom stereocenters. The number of hydrogen-bond donors (Lipinski definition) is 1. The lowest BCUT2D eigenvalue weighted by atomic mass is 10.1. The largest absolute Gasteiger partial charge is 0.383 e.